The van der Waals surface area contributed by atoms with Crippen LogP contribution in [0.4, 0.5) is 4.79 Å². The summed E-state index contributed by atoms with van der Waals surface area (Å²) in [5.74, 6) is 0.494. The molecule has 4 heteroatoms. The number of likely N-dealkylation sites (tertiary alicyclic amines) is 1. The second-order valence-electron chi connectivity index (χ2n) is 7.86. The maximum Gasteiger partial charge on any atom is 0.410 e. The SMILES string of the molecule is CC(C)(C)OC(=O)N1CCC2(CC1)C1=CC=CCC1CC2O. The molecule has 122 valence electrons. The van der Waals surface area contributed by atoms with Gasteiger partial charge in [0.2, 0.25) is 0 Å². The van der Waals surface area contributed by atoms with Gasteiger partial charge in [-0.15, -0.1) is 0 Å². The smallest absolute Gasteiger partial charge is 0.410 e. The highest BCUT2D eigenvalue weighted by Crippen LogP contribution is 2.54. The molecule has 2 fully saturated rings. The van der Waals surface area contributed by atoms with Crippen molar-refractivity contribution in [1.82, 2.24) is 4.90 Å². The number of hydrogen-bond donors (Lipinski definition) is 1. The molecule has 0 radical (unpaired) electrons. The molecular formula is C18H27NO3. The largest absolute Gasteiger partial charge is 0.444 e. The third-order valence-corrected chi connectivity index (χ3v) is 5.30. The Balaban J connectivity index is 1.69. The van der Waals surface area contributed by atoms with Crippen molar-refractivity contribution in [2.45, 2.75) is 58.2 Å². The molecule has 3 rings (SSSR count). The summed E-state index contributed by atoms with van der Waals surface area (Å²) in [6.45, 7) is 7.00. The number of carbonyl (C=O) groups is 1. The minimum atomic E-state index is -0.457. The van der Waals surface area contributed by atoms with E-state index in [1.807, 2.05) is 20.8 Å². The molecule has 1 amide bonds. The number of aliphatic hydroxyl groups is 1. The van der Waals surface area contributed by atoms with Gasteiger partial charge >= 0.3 is 6.09 Å². The zero-order chi connectivity index (χ0) is 16.0. The molecule has 4 nitrogen and oxygen atoms in total. The summed E-state index contributed by atoms with van der Waals surface area (Å²) in [6, 6.07) is 0. The van der Waals surface area contributed by atoms with Gasteiger partial charge in [0.25, 0.3) is 0 Å². The highest BCUT2D eigenvalue weighted by Gasteiger charge is 2.52. The number of carbonyl (C=O) groups excluding carboxylic acids is 1. The Hall–Kier alpha value is -1.29. The lowest BCUT2D eigenvalue weighted by atomic mass is 9.70. The number of piperidine rings is 1. The van der Waals surface area contributed by atoms with Crippen molar-refractivity contribution in [1.29, 1.82) is 0 Å². The zero-order valence-electron chi connectivity index (χ0n) is 13.8. The van der Waals surface area contributed by atoms with Crippen LogP contribution in [-0.4, -0.2) is 40.9 Å². The van der Waals surface area contributed by atoms with Crippen LogP contribution in [0.15, 0.2) is 23.8 Å². The van der Waals surface area contributed by atoms with Crippen LogP contribution in [-0.2, 0) is 4.74 Å². The Morgan fingerprint density at radius 3 is 2.68 bits per heavy atom. The van der Waals surface area contributed by atoms with Gasteiger partial charge in [-0.05, 0) is 52.4 Å². The quantitative estimate of drug-likeness (QED) is 0.747. The normalized spacial score (nSPS) is 30.2. The molecule has 0 aromatic rings. The van der Waals surface area contributed by atoms with Crippen LogP contribution >= 0.6 is 0 Å². The van der Waals surface area contributed by atoms with E-state index in [9.17, 15) is 9.90 Å². The van der Waals surface area contributed by atoms with Crippen molar-refractivity contribution in [2.24, 2.45) is 11.3 Å². The molecule has 2 aliphatic carbocycles. The number of fused-ring (bicyclic) bond motifs is 2. The Morgan fingerprint density at radius 1 is 1.36 bits per heavy atom. The summed E-state index contributed by atoms with van der Waals surface area (Å²) in [6.07, 6.45) is 9.58. The Bertz CT molecular complexity index is 507. The molecule has 1 saturated carbocycles. The maximum atomic E-state index is 12.2. The van der Waals surface area contributed by atoms with E-state index in [4.69, 9.17) is 4.74 Å². The summed E-state index contributed by atoms with van der Waals surface area (Å²) >= 11 is 0. The van der Waals surface area contributed by atoms with E-state index in [2.05, 4.69) is 18.2 Å². The van der Waals surface area contributed by atoms with E-state index < -0.39 is 5.60 Å². The average Bonchev–Trinajstić information content (AvgIpc) is 2.71. The first-order chi connectivity index (χ1) is 10.3. The third-order valence-electron chi connectivity index (χ3n) is 5.30. The summed E-state index contributed by atoms with van der Waals surface area (Å²) in [5, 5.41) is 10.6. The molecule has 3 aliphatic rings. The molecule has 1 heterocycles. The van der Waals surface area contributed by atoms with Gasteiger partial charge in [0.1, 0.15) is 5.60 Å². The molecule has 1 aliphatic heterocycles. The summed E-state index contributed by atoms with van der Waals surface area (Å²) in [7, 11) is 0. The Labute approximate surface area is 132 Å². The molecule has 2 unspecified atom stereocenters. The van der Waals surface area contributed by atoms with E-state index in [0.717, 1.165) is 25.7 Å². The fraction of sp³-hybridized carbons (Fsp3) is 0.722. The topological polar surface area (TPSA) is 49.8 Å². The molecule has 22 heavy (non-hydrogen) atoms. The van der Waals surface area contributed by atoms with Crippen molar-refractivity contribution < 1.29 is 14.6 Å². The molecule has 0 bridgehead atoms. The molecular weight excluding hydrogens is 278 g/mol. The van der Waals surface area contributed by atoms with E-state index >= 15 is 0 Å². The van der Waals surface area contributed by atoms with Crippen LogP contribution < -0.4 is 0 Å². The molecule has 1 saturated heterocycles. The Morgan fingerprint density at radius 2 is 2.05 bits per heavy atom. The van der Waals surface area contributed by atoms with Gasteiger partial charge in [-0.2, -0.15) is 0 Å². The molecule has 1 spiro atoms. The minimum absolute atomic E-state index is 0.117. The van der Waals surface area contributed by atoms with Crippen LogP contribution in [0.1, 0.15) is 46.5 Å². The number of allylic oxidation sites excluding steroid dienone is 3. The fourth-order valence-electron chi connectivity index (χ4n) is 4.20. The lowest BCUT2D eigenvalue weighted by Crippen LogP contribution is -2.48. The second kappa shape index (κ2) is 5.41. The zero-order valence-corrected chi connectivity index (χ0v) is 13.8. The van der Waals surface area contributed by atoms with E-state index in [1.54, 1.807) is 4.90 Å². The second-order valence-corrected chi connectivity index (χ2v) is 7.86. The standard InChI is InChI=1S/C18H27NO3/c1-17(2,3)22-16(21)19-10-8-18(9-11-19)14-7-5-4-6-13(14)12-15(18)20/h4-5,7,13,15,20H,6,8-12H2,1-3H3. The lowest BCUT2D eigenvalue weighted by molar-refractivity contribution is -0.00701. The number of amides is 1. The molecule has 0 aromatic heterocycles. The first-order valence-electron chi connectivity index (χ1n) is 8.35. The van der Waals surface area contributed by atoms with Crippen LogP contribution in [0, 0.1) is 11.3 Å². The number of ether oxygens (including phenoxy) is 1. The predicted molar refractivity (Wildman–Crippen MR) is 85.4 cm³/mol. The molecule has 2 atom stereocenters. The van der Waals surface area contributed by atoms with E-state index in [1.165, 1.54) is 5.57 Å². The van der Waals surface area contributed by atoms with Gasteiger partial charge in [0, 0.05) is 18.5 Å². The summed E-state index contributed by atoms with van der Waals surface area (Å²) < 4.78 is 5.46. The predicted octanol–water partition coefficient (Wildman–Crippen LogP) is 3.27. The van der Waals surface area contributed by atoms with Gasteiger partial charge in [0.05, 0.1) is 6.10 Å². The lowest BCUT2D eigenvalue weighted by Gasteiger charge is -2.43. The van der Waals surface area contributed by atoms with Crippen molar-refractivity contribution in [3.8, 4) is 0 Å². The van der Waals surface area contributed by atoms with Crippen LogP contribution in [0.3, 0.4) is 0 Å². The number of hydrogen-bond acceptors (Lipinski definition) is 3. The van der Waals surface area contributed by atoms with Crippen LogP contribution in [0.25, 0.3) is 0 Å². The summed E-state index contributed by atoms with van der Waals surface area (Å²) in [5.41, 5.74) is 0.834. The molecule has 0 aromatic carbocycles. The van der Waals surface area contributed by atoms with E-state index in [0.29, 0.717) is 19.0 Å². The first-order valence-corrected chi connectivity index (χ1v) is 8.35. The highest BCUT2D eigenvalue weighted by molar-refractivity contribution is 5.68. The highest BCUT2D eigenvalue weighted by atomic mass is 16.6. The fourth-order valence-corrected chi connectivity index (χ4v) is 4.20. The van der Waals surface area contributed by atoms with Crippen molar-refractivity contribution >= 4 is 6.09 Å². The molecule has 1 N–H and O–H groups in total. The van der Waals surface area contributed by atoms with Crippen molar-refractivity contribution in [2.75, 3.05) is 13.1 Å². The summed E-state index contributed by atoms with van der Waals surface area (Å²) in [4.78, 5) is 14.0. The van der Waals surface area contributed by atoms with Gasteiger partial charge in [0.15, 0.2) is 0 Å². The van der Waals surface area contributed by atoms with Crippen molar-refractivity contribution in [3.05, 3.63) is 23.8 Å². The van der Waals surface area contributed by atoms with Crippen LogP contribution in [0.2, 0.25) is 0 Å². The third kappa shape index (κ3) is 2.69. The van der Waals surface area contributed by atoms with E-state index in [-0.39, 0.29) is 17.6 Å². The van der Waals surface area contributed by atoms with Crippen molar-refractivity contribution in [3.63, 3.8) is 0 Å². The monoisotopic (exact) mass is 305 g/mol. The maximum absolute atomic E-state index is 12.2. The number of nitrogens with zero attached hydrogens (tertiary/aromatic N) is 1. The number of aliphatic hydroxyl groups excluding tert-OH is 1. The van der Waals surface area contributed by atoms with Gasteiger partial charge < -0.3 is 14.7 Å². The van der Waals surface area contributed by atoms with Crippen LogP contribution in [0.5, 0.6) is 0 Å². The van der Waals surface area contributed by atoms with Gasteiger partial charge in [-0.1, -0.05) is 23.8 Å². The van der Waals surface area contributed by atoms with Gasteiger partial charge in [-0.25, -0.2) is 4.79 Å². The minimum Gasteiger partial charge on any atom is -0.444 e. The number of rotatable bonds is 0. The Kier molecular flexibility index (Phi) is 3.84. The first kappa shape index (κ1) is 15.6. The average molecular weight is 305 g/mol. The van der Waals surface area contributed by atoms with Gasteiger partial charge in [-0.3, -0.25) is 0 Å².